The number of rotatable bonds is 13. The second-order valence-corrected chi connectivity index (χ2v) is 29.2. The Bertz CT molecular complexity index is 4110. The number of pyridine rings is 1. The average molecular weight is 1380 g/mol. The molecule has 7 aromatic heterocycles. The SMILES string of the molecule is CNC(=O)C[C@@H]1NC(=O)c2csc(n2)-c2ccc(-c3nc(N(C(=O)OC4CCC(C(=O)O)CC4)C4CC[C@@H](C(=O)O)C4)cs3)nc2-c2csc(n2)-c2csc(n2)[C@H]([C@@H](C)c2ccccc2)NC(=O)CNC(=O)c2nc(sc2COC)C(C(C)C)CC(=O)c2nc1sc2C. The van der Waals surface area contributed by atoms with E-state index in [4.69, 9.17) is 44.4 Å². The van der Waals surface area contributed by atoms with Crippen LogP contribution < -0.4 is 26.2 Å². The Labute approximate surface area is 558 Å². The number of amides is 5. The maximum atomic E-state index is 14.5. The molecular formula is C63H66N12O12S6. The fourth-order valence-corrected chi connectivity index (χ4v) is 17.3. The largest absolute Gasteiger partial charge is 0.481 e. The van der Waals surface area contributed by atoms with Crippen LogP contribution in [0.1, 0.15) is 164 Å². The van der Waals surface area contributed by atoms with Gasteiger partial charge >= 0.3 is 18.0 Å². The molecule has 3 aliphatic rings. The lowest BCUT2D eigenvalue weighted by Crippen LogP contribution is -2.42. The van der Waals surface area contributed by atoms with E-state index in [0.29, 0.717) is 107 Å². The first-order chi connectivity index (χ1) is 44.7. The molecule has 0 radical (unpaired) electrons. The van der Waals surface area contributed by atoms with Gasteiger partial charge in [-0.05, 0) is 75.5 Å². The van der Waals surface area contributed by atoms with E-state index < -0.39 is 90.2 Å². The summed E-state index contributed by atoms with van der Waals surface area (Å²) in [6.45, 7) is 7.28. The zero-order valence-electron chi connectivity index (χ0n) is 51.3. The third kappa shape index (κ3) is 15.0. The zero-order chi connectivity index (χ0) is 65.8. The van der Waals surface area contributed by atoms with E-state index in [9.17, 15) is 48.6 Å². The van der Waals surface area contributed by atoms with Crippen LogP contribution in [0.4, 0.5) is 10.6 Å². The van der Waals surface area contributed by atoms with Gasteiger partial charge in [0.2, 0.25) is 11.8 Å². The van der Waals surface area contributed by atoms with Crippen LogP contribution in [0.15, 0.2) is 64.0 Å². The zero-order valence-corrected chi connectivity index (χ0v) is 56.2. The number of aliphatic carboxylic acids is 2. The number of methoxy groups -OCH3 is 1. The molecular weight excluding hydrogens is 1310 g/mol. The lowest BCUT2D eigenvalue weighted by molar-refractivity contribution is -0.143. The summed E-state index contributed by atoms with van der Waals surface area (Å²) in [5.74, 6) is -6.14. The van der Waals surface area contributed by atoms with Gasteiger partial charge in [0.25, 0.3) is 11.8 Å². The summed E-state index contributed by atoms with van der Waals surface area (Å²) < 4.78 is 11.5. The van der Waals surface area contributed by atoms with Crippen LogP contribution >= 0.6 is 68.0 Å². The van der Waals surface area contributed by atoms with Gasteiger partial charge in [-0.15, -0.1) is 68.0 Å². The van der Waals surface area contributed by atoms with E-state index in [1.807, 2.05) is 61.9 Å². The second kappa shape index (κ2) is 29.0. The van der Waals surface area contributed by atoms with Gasteiger partial charge in [0, 0.05) is 70.4 Å². The Morgan fingerprint density at radius 3 is 2.10 bits per heavy atom. The van der Waals surface area contributed by atoms with E-state index in [2.05, 4.69) is 21.3 Å². The number of carboxylic acid groups (broad SMARTS) is 2. The predicted octanol–water partition coefficient (Wildman–Crippen LogP) is 11.1. The number of nitrogens with one attached hydrogen (secondary N) is 4. The Morgan fingerprint density at radius 2 is 1.38 bits per heavy atom. The molecule has 486 valence electrons. The molecule has 2 unspecified atom stereocenters. The molecule has 6 N–H and O–H groups in total. The standard InChI is InChI=1S/C63H66N12O12S6/c1-29(2)38-21-44(76)50-31(4)92-59(73-50)40(22-47(77)64-5)67-53(79)42-26-88-55(69-42)37-18-19-39(57-71-46(28-91-57)75(35-15-12-34(20-35)62(83)84)63(85)87-36-16-13-33(14-17-36)61(81)82)66-51(37)41-25-89-58(68-41)43-27-90-60(70-43)49(30(3)32-10-8-7-9-11-32)72-48(78)23-65-54(80)52-45(24-86-6)93-56(38)74-52/h7-11,18-19,25-30,33-36,38,40,49H,12-17,20-24H2,1-6H3,(H,64,77)(H,65,80)(H,67,79)(H,72,78)(H,81,82)(H,83,84)/t30-,33?,34+,35?,36?,38?,40-,49-/m0/s1. The molecule has 2 saturated carbocycles. The van der Waals surface area contributed by atoms with E-state index in [0.717, 1.165) is 5.56 Å². The lowest BCUT2D eigenvalue weighted by Gasteiger charge is -2.31. The normalized spacial score (nSPS) is 20.9. The smallest absolute Gasteiger partial charge is 0.416 e. The van der Waals surface area contributed by atoms with Gasteiger partial charge in [-0.1, -0.05) is 51.1 Å². The van der Waals surface area contributed by atoms with Crippen molar-refractivity contribution in [2.45, 2.75) is 128 Å². The summed E-state index contributed by atoms with van der Waals surface area (Å²) >= 11 is 7.44. The lowest BCUT2D eigenvalue weighted by atomic mass is 9.87. The van der Waals surface area contributed by atoms with Crippen LogP contribution in [0.3, 0.4) is 0 Å². The van der Waals surface area contributed by atoms with Gasteiger partial charge in [0.15, 0.2) is 5.78 Å². The van der Waals surface area contributed by atoms with Crippen molar-refractivity contribution in [1.82, 2.24) is 56.2 Å². The molecule has 1 aliphatic heterocycles. The van der Waals surface area contributed by atoms with Gasteiger partial charge in [-0.2, -0.15) is 0 Å². The number of nitrogens with zero attached hydrogens (tertiary/aromatic N) is 8. The fourth-order valence-electron chi connectivity index (χ4n) is 11.6. The number of aromatic nitrogens is 7. The van der Waals surface area contributed by atoms with Gasteiger partial charge < -0.3 is 41.0 Å². The van der Waals surface area contributed by atoms with E-state index in [1.165, 1.54) is 87.1 Å². The molecule has 6 atom stereocenters. The van der Waals surface area contributed by atoms with Crippen molar-refractivity contribution >= 4 is 121 Å². The number of anilines is 1. The highest BCUT2D eigenvalue weighted by atomic mass is 32.1. The maximum absolute atomic E-state index is 14.5. The summed E-state index contributed by atoms with van der Waals surface area (Å²) in [6.07, 6.45) is 0.846. The molecule has 10 bridgehead atoms. The van der Waals surface area contributed by atoms with Crippen molar-refractivity contribution in [2.24, 2.45) is 17.8 Å². The minimum Gasteiger partial charge on any atom is -0.481 e. The molecule has 1 aromatic carbocycles. The Balaban J connectivity index is 0.979. The van der Waals surface area contributed by atoms with Crippen LogP contribution in [0.25, 0.3) is 43.4 Å². The molecule has 8 heterocycles. The number of carbonyl (C=O) groups is 8. The van der Waals surface area contributed by atoms with Crippen molar-refractivity contribution in [1.29, 1.82) is 0 Å². The van der Waals surface area contributed by atoms with Crippen molar-refractivity contribution in [3.05, 3.63) is 111 Å². The molecule has 8 aromatic rings. The molecule has 0 spiro atoms. The number of carbonyl (C=O) groups excluding carboxylic acids is 6. The highest BCUT2D eigenvalue weighted by Crippen LogP contribution is 2.43. The third-order valence-corrected chi connectivity index (χ3v) is 22.6. The number of hydrogen-bond acceptors (Lipinski definition) is 23. The number of benzene rings is 1. The summed E-state index contributed by atoms with van der Waals surface area (Å²) in [7, 11) is 2.98. The van der Waals surface area contributed by atoms with Crippen molar-refractivity contribution in [3.63, 3.8) is 0 Å². The summed E-state index contributed by atoms with van der Waals surface area (Å²) in [6, 6.07) is 11.0. The quantitative estimate of drug-likeness (QED) is 0.0624. The number of Topliss-reactive ketones (excluding diaryl/α,β-unsaturated/α-hetero) is 1. The Hall–Kier alpha value is -8.13. The summed E-state index contributed by atoms with van der Waals surface area (Å²) in [4.78, 5) is 146. The average Bonchev–Trinajstić information content (AvgIpc) is 1.71. The maximum Gasteiger partial charge on any atom is 0.416 e. The molecule has 11 rings (SSSR count). The van der Waals surface area contributed by atoms with E-state index in [-0.39, 0.29) is 66.4 Å². The van der Waals surface area contributed by atoms with Crippen LogP contribution in [-0.4, -0.2) is 125 Å². The Kier molecular flexibility index (Phi) is 20.7. The van der Waals surface area contributed by atoms with Crippen molar-refractivity contribution in [3.8, 4) is 43.4 Å². The van der Waals surface area contributed by atoms with Crippen LogP contribution in [0.2, 0.25) is 0 Å². The van der Waals surface area contributed by atoms with Crippen LogP contribution in [0.5, 0.6) is 0 Å². The fraction of sp³-hybridized carbons (Fsp3) is 0.413. The molecule has 5 amide bonds. The van der Waals surface area contributed by atoms with Crippen LogP contribution in [-0.2, 0) is 35.3 Å². The number of fused-ring (bicyclic) bond motifs is 14. The highest BCUT2D eigenvalue weighted by Gasteiger charge is 2.40. The van der Waals surface area contributed by atoms with E-state index >= 15 is 0 Å². The van der Waals surface area contributed by atoms with Crippen LogP contribution in [0, 0.1) is 24.7 Å². The number of carboxylic acids is 2. The minimum atomic E-state index is -0.983. The summed E-state index contributed by atoms with van der Waals surface area (Å²) in [5, 5.41) is 40.7. The second-order valence-electron chi connectivity index (χ2n) is 23.3. The van der Waals surface area contributed by atoms with Crippen molar-refractivity contribution in [2.75, 3.05) is 25.6 Å². The van der Waals surface area contributed by atoms with Crippen molar-refractivity contribution < 1.29 is 58.0 Å². The van der Waals surface area contributed by atoms with E-state index in [1.54, 1.807) is 29.8 Å². The minimum absolute atomic E-state index is 0.0217. The first-order valence-corrected chi connectivity index (χ1v) is 35.3. The molecule has 0 saturated heterocycles. The first kappa shape index (κ1) is 66.3. The summed E-state index contributed by atoms with van der Waals surface area (Å²) in [5.41, 5.74) is 3.33. The highest BCUT2D eigenvalue weighted by molar-refractivity contribution is 7.15. The number of thiazole rings is 6. The molecule has 24 nitrogen and oxygen atoms in total. The number of aryl methyl sites for hydroxylation is 1. The molecule has 30 heteroatoms. The molecule has 2 fully saturated rings. The molecule has 2 aliphatic carbocycles. The third-order valence-electron chi connectivity index (χ3n) is 16.8. The van der Waals surface area contributed by atoms with Gasteiger partial charge in [0.05, 0.1) is 59.1 Å². The first-order valence-electron chi connectivity index (χ1n) is 30.2. The Morgan fingerprint density at radius 1 is 0.688 bits per heavy atom. The topological polar surface area (TPSA) is 337 Å². The monoisotopic (exact) mass is 1370 g/mol. The molecule has 93 heavy (non-hydrogen) atoms. The number of hydrogen-bond donors (Lipinski definition) is 6. The van der Waals surface area contributed by atoms with Gasteiger partial charge in [-0.3, -0.25) is 38.5 Å². The number of ether oxygens (including phenoxy) is 2. The number of ketones is 1. The predicted molar refractivity (Wildman–Crippen MR) is 353 cm³/mol. The van der Waals surface area contributed by atoms with Gasteiger partial charge in [0.1, 0.15) is 71.1 Å². The van der Waals surface area contributed by atoms with Gasteiger partial charge in [-0.25, -0.2) is 39.7 Å².